The minimum absolute atomic E-state index is 0.0290. The lowest BCUT2D eigenvalue weighted by Gasteiger charge is -2.09. The topological polar surface area (TPSA) is 59.7 Å². The summed E-state index contributed by atoms with van der Waals surface area (Å²) in [6.45, 7) is 1.27. The van der Waals surface area contributed by atoms with Crippen molar-refractivity contribution in [2.45, 2.75) is 23.7 Å². The average Bonchev–Trinajstić information content (AvgIpc) is 3.11. The molecule has 0 amide bonds. The fourth-order valence-corrected chi connectivity index (χ4v) is 3.79. The molecule has 4 nitrogen and oxygen atoms in total. The van der Waals surface area contributed by atoms with E-state index in [2.05, 4.69) is 0 Å². The number of aryl methyl sites for hydroxylation is 1. The van der Waals surface area contributed by atoms with Crippen molar-refractivity contribution < 1.29 is 32.2 Å². The molecule has 0 bridgehead atoms. The molecule has 1 aromatic heterocycles. The quantitative estimate of drug-likeness (QED) is 0.402. The molecule has 0 radical (unpaired) electrons. The molecule has 0 saturated heterocycles. The molecule has 158 valence electrons. The minimum atomic E-state index is -4.62. The van der Waals surface area contributed by atoms with E-state index in [1.807, 2.05) is 0 Å². The number of carboxylic acids is 1. The highest BCUT2D eigenvalue weighted by atomic mass is 35.5. The SMILES string of the molecule is Cc1cc(SCc2cc(-c3ccc(Cl)cc3)oc2C(F)(F)F)ccc1OCC(=O)O. The Morgan fingerprint density at radius 1 is 1.17 bits per heavy atom. The first kappa shape index (κ1) is 22.1. The van der Waals surface area contributed by atoms with Gasteiger partial charge >= 0.3 is 12.1 Å². The maximum absolute atomic E-state index is 13.4. The van der Waals surface area contributed by atoms with E-state index in [9.17, 15) is 18.0 Å². The summed E-state index contributed by atoms with van der Waals surface area (Å²) in [5.74, 6) is -1.56. The maximum atomic E-state index is 13.4. The summed E-state index contributed by atoms with van der Waals surface area (Å²) in [7, 11) is 0. The number of hydrogen-bond donors (Lipinski definition) is 1. The van der Waals surface area contributed by atoms with Gasteiger partial charge in [0.15, 0.2) is 6.61 Å². The van der Waals surface area contributed by atoms with Gasteiger partial charge in [0, 0.05) is 26.8 Å². The third-order valence-corrected chi connectivity index (χ3v) is 5.38. The molecule has 3 rings (SSSR count). The molecule has 0 atom stereocenters. The predicted molar refractivity (Wildman–Crippen MR) is 108 cm³/mol. The van der Waals surface area contributed by atoms with Crippen LogP contribution in [0, 0.1) is 6.92 Å². The number of benzene rings is 2. The largest absolute Gasteiger partial charge is 0.482 e. The van der Waals surface area contributed by atoms with Gasteiger partial charge in [0.25, 0.3) is 0 Å². The Kier molecular flexibility index (Phi) is 6.67. The second-order valence-corrected chi connectivity index (χ2v) is 7.85. The van der Waals surface area contributed by atoms with E-state index in [4.69, 9.17) is 25.9 Å². The number of rotatable bonds is 7. The third kappa shape index (κ3) is 5.52. The van der Waals surface area contributed by atoms with Crippen molar-refractivity contribution in [1.29, 1.82) is 0 Å². The zero-order valence-corrected chi connectivity index (χ0v) is 17.2. The highest BCUT2D eigenvalue weighted by molar-refractivity contribution is 7.98. The molecule has 2 aromatic carbocycles. The summed E-state index contributed by atoms with van der Waals surface area (Å²) < 4.78 is 50.6. The second kappa shape index (κ2) is 9.06. The summed E-state index contributed by atoms with van der Waals surface area (Å²) in [5.41, 5.74) is 1.21. The molecule has 1 N–H and O–H groups in total. The van der Waals surface area contributed by atoms with Crippen molar-refractivity contribution in [3.05, 3.63) is 70.4 Å². The van der Waals surface area contributed by atoms with Gasteiger partial charge in [-0.3, -0.25) is 0 Å². The van der Waals surface area contributed by atoms with Crippen LogP contribution in [0.2, 0.25) is 5.02 Å². The first-order valence-corrected chi connectivity index (χ1v) is 10.0. The Balaban J connectivity index is 1.79. The number of carboxylic acid groups (broad SMARTS) is 1. The van der Waals surface area contributed by atoms with E-state index in [0.717, 1.165) is 4.90 Å². The van der Waals surface area contributed by atoms with Crippen LogP contribution in [0.3, 0.4) is 0 Å². The van der Waals surface area contributed by atoms with E-state index in [1.165, 1.54) is 17.8 Å². The number of hydrogen-bond acceptors (Lipinski definition) is 4. The van der Waals surface area contributed by atoms with Crippen molar-refractivity contribution in [2.24, 2.45) is 0 Å². The number of alkyl halides is 3. The molecule has 0 aliphatic rings. The lowest BCUT2D eigenvalue weighted by Crippen LogP contribution is -2.10. The van der Waals surface area contributed by atoms with E-state index >= 15 is 0 Å². The van der Waals surface area contributed by atoms with Crippen LogP contribution >= 0.6 is 23.4 Å². The normalized spacial score (nSPS) is 11.5. The molecular weight excluding hydrogens is 441 g/mol. The number of carbonyl (C=O) groups is 1. The summed E-state index contributed by atoms with van der Waals surface area (Å²) in [6, 6.07) is 12.7. The molecule has 0 unspecified atom stereocenters. The van der Waals surface area contributed by atoms with Gasteiger partial charge in [-0.2, -0.15) is 13.2 Å². The van der Waals surface area contributed by atoms with Crippen LogP contribution in [0.25, 0.3) is 11.3 Å². The van der Waals surface area contributed by atoms with Gasteiger partial charge < -0.3 is 14.3 Å². The van der Waals surface area contributed by atoms with Crippen LogP contribution in [0.1, 0.15) is 16.9 Å². The molecule has 1 heterocycles. The standard InChI is InChI=1S/C21H16ClF3O4S/c1-12-8-16(6-7-17(12)28-10-19(26)27)30-11-14-9-18(29-20(14)21(23,24)25)13-2-4-15(22)5-3-13/h2-9H,10-11H2,1H3,(H,26,27). The van der Waals surface area contributed by atoms with Crippen LogP contribution in [0.15, 0.2) is 57.8 Å². The number of aliphatic carboxylic acids is 1. The molecular formula is C21H16ClF3O4S. The summed E-state index contributed by atoms with van der Waals surface area (Å²) in [5, 5.41) is 9.16. The Hall–Kier alpha value is -2.58. The minimum Gasteiger partial charge on any atom is -0.482 e. The molecule has 30 heavy (non-hydrogen) atoms. The molecule has 0 fully saturated rings. The Morgan fingerprint density at radius 3 is 2.47 bits per heavy atom. The van der Waals surface area contributed by atoms with Gasteiger partial charge in [-0.1, -0.05) is 11.6 Å². The van der Waals surface area contributed by atoms with Crippen LogP contribution in [0.4, 0.5) is 13.2 Å². The van der Waals surface area contributed by atoms with Gasteiger partial charge in [-0.25, -0.2) is 4.79 Å². The lowest BCUT2D eigenvalue weighted by atomic mass is 10.1. The Bertz CT molecular complexity index is 1050. The fraction of sp³-hybridized carbons (Fsp3) is 0.190. The second-order valence-electron chi connectivity index (χ2n) is 6.37. The molecule has 0 saturated carbocycles. The molecule has 9 heteroatoms. The smallest absolute Gasteiger partial charge is 0.449 e. The van der Waals surface area contributed by atoms with E-state index in [-0.39, 0.29) is 17.1 Å². The average molecular weight is 457 g/mol. The number of thioether (sulfide) groups is 1. The van der Waals surface area contributed by atoms with Crippen molar-refractivity contribution in [3.63, 3.8) is 0 Å². The van der Waals surface area contributed by atoms with E-state index in [1.54, 1.807) is 49.4 Å². The first-order valence-electron chi connectivity index (χ1n) is 8.67. The number of furan rings is 1. The van der Waals surface area contributed by atoms with E-state index < -0.39 is 24.5 Å². The van der Waals surface area contributed by atoms with Crippen molar-refractivity contribution in [1.82, 2.24) is 0 Å². The Morgan fingerprint density at radius 2 is 1.87 bits per heavy atom. The lowest BCUT2D eigenvalue weighted by molar-refractivity contribution is -0.153. The summed E-state index contributed by atoms with van der Waals surface area (Å²) in [4.78, 5) is 11.3. The zero-order valence-electron chi connectivity index (χ0n) is 15.6. The van der Waals surface area contributed by atoms with Crippen molar-refractivity contribution in [3.8, 4) is 17.1 Å². The van der Waals surface area contributed by atoms with Crippen LogP contribution in [0.5, 0.6) is 5.75 Å². The van der Waals surface area contributed by atoms with Crippen molar-refractivity contribution in [2.75, 3.05) is 6.61 Å². The number of ether oxygens (including phenoxy) is 1. The number of halogens is 4. The van der Waals surface area contributed by atoms with Gasteiger partial charge in [0.1, 0.15) is 11.5 Å². The maximum Gasteiger partial charge on any atom is 0.449 e. The summed E-state index contributed by atoms with van der Waals surface area (Å²) in [6.07, 6.45) is -4.62. The summed E-state index contributed by atoms with van der Waals surface area (Å²) >= 11 is 7.04. The van der Waals surface area contributed by atoms with Crippen LogP contribution in [-0.4, -0.2) is 17.7 Å². The monoisotopic (exact) mass is 456 g/mol. The van der Waals surface area contributed by atoms with Gasteiger partial charge in [0.05, 0.1) is 0 Å². The van der Waals surface area contributed by atoms with Gasteiger partial charge in [-0.15, -0.1) is 11.8 Å². The van der Waals surface area contributed by atoms with Gasteiger partial charge in [-0.05, 0) is 61.0 Å². The van der Waals surface area contributed by atoms with Gasteiger partial charge in [0.2, 0.25) is 5.76 Å². The third-order valence-electron chi connectivity index (χ3n) is 4.09. The molecule has 0 aliphatic heterocycles. The zero-order chi connectivity index (χ0) is 21.9. The highest BCUT2D eigenvalue weighted by Crippen LogP contribution is 2.40. The predicted octanol–water partition coefficient (Wildman–Crippen LogP) is 6.68. The Labute approximate surface area is 179 Å². The van der Waals surface area contributed by atoms with Crippen LogP contribution < -0.4 is 4.74 Å². The molecule has 0 aliphatic carbocycles. The highest BCUT2D eigenvalue weighted by Gasteiger charge is 2.38. The molecule has 0 spiro atoms. The fourth-order valence-electron chi connectivity index (χ4n) is 2.71. The molecule has 3 aromatic rings. The van der Waals surface area contributed by atoms with Crippen molar-refractivity contribution >= 4 is 29.3 Å². The van der Waals surface area contributed by atoms with Crippen LogP contribution in [-0.2, 0) is 16.7 Å². The first-order chi connectivity index (χ1) is 14.1. The van der Waals surface area contributed by atoms with E-state index in [0.29, 0.717) is 21.9 Å².